The lowest BCUT2D eigenvalue weighted by molar-refractivity contribution is 0.140. The Hall–Kier alpha value is -1.26. The Kier molecular flexibility index (Phi) is 4.89. The highest BCUT2D eigenvalue weighted by molar-refractivity contribution is 5.41. The molecule has 1 aliphatic rings. The summed E-state index contributed by atoms with van der Waals surface area (Å²) < 4.78 is 16.7. The lowest BCUT2D eigenvalue weighted by atomic mass is 10.1. The van der Waals surface area contributed by atoms with Crippen molar-refractivity contribution in [1.82, 2.24) is 5.32 Å². The molecule has 112 valence electrons. The summed E-state index contributed by atoms with van der Waals surface area (Å²) in [4.78, 5) is 0. The predicted octanol–water partition coefficient (Wildman–Crippen LogP) is 2.75. The summed E-state index contributed by atoms with van der Waals surface area (Å²) in [6, 6.07) is 5.98. The first-order valence-corrected chi connectivity index (χ1v) is 7.14. The van der Waals surface area contributed by atoms with Gasteiger partial charge >= 0.3 is 0 Å². The van der Waals surface area contributed by atoms with Crippen LogP contribution in [0.25, 0.3) is 0 Å². The monoisotopic (exact) mass is 279 g/mol. The molecule has 1 fully saturated rings. The van der Waals surface area contributed by atoms with Crippen molar-refractivity contribution < 1.29 is 14.2 Å². The highest BCUT2D eigenvalue weighted by Crippen LogP contribution is 2.27. The van der Waals surface area contributed by atoms with E-state index in [0.29, 0.717) is 6.61 Å². The van der Waals surface area contributed by atoms with Gasteiger partial charge in [0.1, 0.15) is 17.6 Å². The highest BCUT2D eigenvalue weighted by Gasteiger charge is 2.19. The van der Waals surface area contributed by atoms with Crippen molar-refractivity contribution in [2.24, 2.45) is 0 Å². The van der Waals surface area contributed by atoms with Crippen molar-refractivity contribution in [2.75, 3.05) is 20.3 Å². The number of rotatable bonds is 5. The van der Waals surface area contributed by atoms with E-state index in [2.05, 4.69) is 32.2 Å². The average molecular weight is 279 g/mol. The highest BCUT2D eigenvalue weighted by atomic mass is 16.5. The van der Waals surface area contributed by atoms with Crippen molar-refractivity contribution in [1.29, 1.82) is 0 Å². The predicted molar refractivity (Wildman–Crippen MR) is 79.4 cm³/mol. The summed E-state index contributed by atoms with van der Waals surface area (Å²) in [6.45, 7) is 8.69. The second kappa shape index (κ2) is 6.46. The minimum absolute atomic E-state index is 0.0771. The maximum atomic E-state index is 6.07. The van der Waals surface area contributed by atoms with Crippen LogP contribution in [0.3, 0.4) is 0 Å². The molecule has 1 aromatic carbocycles. The van der Waals surface area contributed by atoms with Gasteiger partial charge in [-0.25, -0.2) is 0 Å². The van der Waals surface area contributed by atoms with Gasteiger partial charge in [-0.05, 0) is 26.8 Å². The lowest BCUT2D eigenvalue weighted by Gasteiger charge is -2.22. The van der Waals surface area contributed by atoms with Gasteiger partial charge in [0.05, 0.1) is 20.3 Å². The minimum Gasteiger partial charge on any atom is -0.497 e. The topological polar surface area (TPSA) is 39.7 Å². The normalized spacial score (nSPS) is 19.1. The van der Waals surface area contributed by atoms with Crippen LogP contribution in [-0.4, -0.2) is 32.0 Å². The van der Waals surface area contributed by atoms with Crippen molar-refractivity contribution >= 4 is 0 Å². The molecule has 4 nitrogen and oxygen atoms in total. The SMILES string of the molecule is COc1ccc(CNC(C)(C)C)c(OC2CCOC2)c1. The van der Waals surface area contributed by atoms with Crippen LogP contribution in [0, 0.1) is 0 Å². The molecule has 1 N–H and O–H groups in total. The summed E-state index contributed by atoms with van der Waals surface area (Å²) in [6.07, 6.45) is 1.10. The van der Waals surface area contributed by atoms with Crippen LogP contribution < -0.4 is 14.8 Å². The fourth-order valence-corrected chi connectivity index (χ4v) is 2.06. The Morgan fingerprint density at radius 3 is 2.75 bits per heavy atom. The fourth-order valence-electron chi connectivity index (χ4n) is 2.06. The van der Waals surface area contributed by atoms with Crippen molar-refractivity contribution in [3.05, 3.63) is 23.8 Å². The molecule has 20 heavy (non-hydrogen) atoms. The van der Waals surface area contributed by atoms with E-state index in [-0.39, 0.29) is 11.6 Å². The van der Waals surface area contributed by atoms with Crippen LogP contribution in [-0.2, 0) is 11.3 Å². The molecule has 0 amide bonds. The van der Waals surface area contributed by atoms with Gasteiger partial charge < -0.3 is 19.5 Å². The van der Waals surface area contributed by atoms with Gasteiger partial charge in [0.25, 0.3) is 0 Å². The second-order valence-electron chi connectivity index (χ2n) is 6.18. The van der Waals surface area contributed by atoms with Crippen LogP contribution in [0.1, 0.15) is 32.8 Å². The van der Waals surface area contributed by atoms with Gasteiger partial charge in [-0.3, -0.25) is 0 Å². The Balaban J connectivity index is 2.11. The van der Waals surface area contributed by atoms with Gasteiger partial charge in [0.15, 0.2) is 0 Å². The van der Waals surface area contributed by atoms with Crippen LogP contribution in [0.2, 0.25) is 0 Å². The molecule has 0 aliphatic carbocycles. The molecular formula is C16H25NO3. The zero-order chi connectivity index (χ0) is 14.6. The molecule has 1 aliphatic heterocycles. The van der Waals surface area contributed by atoms with Gasteiger partial charge in [0.2, 0.25) is 0 Å². The van der Waals surface area contributed by atoms with Gasteiger partial charge in [-0.15, -0.1) is 0 Å². The number of benzene rings is 1. The molecular weight excluding hydrogens is 254 g/mol. The Labute approximate surface area is 121 Å². The van der Waals surface area contributed by atoms with E-state index < -0.39 is 0 Å². The zero-order valence-electron chi connectivity index (χ0n) is 12.9. The molecule has 1 unspecified atom stereocenters. The first kappa shape index (κ1) is 15.1. The van der Waals surface area contributed by atoms with E-state index in [1.54, 1.807) is 7.11 Å². The Morgan fingerprint density at radius 2 is 2.15 bits per heavy atom. The quantitative estimate of drug-likeness (QED) is 0.899. The van der Waals surface area contributed by atoms with E-state index in [1.165, 1.54) is 0 Å². The van der Waals surface area contributed by atoms with Crippen LogP contribution in [0.5, 0.6) is 11.5 Å². The maximum absolute atomic E-state index is 6.07. The van der Waals surface area contributed by atoms with E-state index in [1.807, 2.05) is 12.1 Å². The second-order valence-corrected chi connectivity index (χ2v) is 6.18. The Bertz CT molecular complexity index is 434. The summed E-state index contributed by atoms with van der Waals surface area (Å²) in [7, 11) is 1.67. The zero-order valence-corrected chi connectivity index (χ0v) is 12.9. The number of methoxy groups -OCH3 is 1. The first-order chi connectivity index (χ1) is 9.48. The molecule has 1 aromatic rings. The van der Waals surface area contributed by atoms with E-state index in [9.17, 15) is 0 Å². The smallest absolute Gasteiger partial charge is 0.128 e. The van der Waals surface area contributed by atoms with Gasteiger partial charge in [-0.2, -0.15) is 0 Å². The largest absolute Gasteiger partial charge is 0.497 e. The molecule has 1 atom stereocenters. The van der Waals surface area contributed by atoms with Crippen molar-refractivity contribution in [2.45, 2.75) is 45.4 Å². The van der Waals surface area contributed by atoms with Crippen LogP contribution in [0.15, 0.2) is 18.2 Å². The molecule has 2 rings (SSSR count). The number of hydrogen-bond donors (Lipinski definition) is 1. The first-order valence-electron chi connectivity index (χ1n) is 7.14. The molecule has 0 radical (unpaired) electrons. The van der Waals surface area contributed by atoms with Gasteiger partial charge in [-0.1, -0.05) is 6.07 Å². The van der Waals surface area contributed by atoms with Crippen LogP contribution in [0.4, 0.5) is 0 Å². The van der Waals surface area contributed by atoms with Crippen molar-refractivity contribution in [3.63, 3.8) is 0 Å². The van der Waals surface area contributed by atoms with E-state index in [4.69, 9.17) is 14.2 Å². The van der Waals surface area contributed by atoms with Gasteiger partial charge in [0, 0.05) is 30.1 Å². The molecule has 0 aromatic heterocycles. The standard InChI is InChI=1S/C16H25NO3/c1-16(2,3)17-10-12-5-6-13(18-4)9-15(12)20-14-7-8-19-11-14/h5-6,9,14,17H,7-8,10-11H2,1-4H3. The van der Waals surface area contributed by atoms with Crippen molar-refractivity contribution in [3.8, 4) is 11.5 Å². The number of ether oxygens (including phenoxy) is 3. The maximum Gasteiger partial charge on any atom is 0.128 e. The third kappa shape index (κ3) is 4.39. The molecule has 0 spiro atoms. The fraction of sp³-hybridized carbons (Fsp3) is 0.625. The molecule has 0 saturated carbocycles. The lowest BCUT2D eigenvalue weighted by Crippen LogP contribution is -2.35. The molecule has 0 bridgehead atoms. The third-order valence-electron chi connectivity index (χ3n) is 3.27. The van der Waals surface area contributed by atoms with Crippen LogP contribution >= 0.6 is 0 Å². The molecule has 1 saturated heterocycles. The minimum atomic E-state index is 0.0771. The van der Waals surface area contributed by atoms with E-state index >= 15 is 0 Å². The van der Waals surface area contributed by atoms with E-state index in [0.717, 1.165) is 36.6 Å². The summed E-state index contributed by atoms with van der Waals surface area (Å²) >= 11 is 0. The third-order valence-corrected chi connectivity index (χ3v) is 3.27. The Morgan fingerprint density at radius 1 is 1.35 bits per heavy atom. The number of hydrogen-bond acceptors (Lipinski definition) is 4. The molecule has 4 heteroatoms. The number of nitrogens with one attached hydrogen (secondary N) is 1. The summed E-state index contributed by atoms with van der Waals surface area (Å²) in [5, 5.41) is 3.49. The average Bonchev–Trinajstić information content (AvgIpc) is 2.89. The molecule has 1 heterocycles. The summed E-state index contributed by atoms with van der Waals surface area (Å²) in [5.41, 5.74) is 1.22. The summed E-state index contributed by atoms with van der Waals surface area (Å²) in [5.74, 6) is 1.70.